The molecular weight excluding hydrogens is 977 g/mol. The SMILES string of the molecule is CC1(C)[C@@H](O[C@@H]2OC[C@H](O[C@@H]3O[C@H](CO)[C@@H](O)[C@H](O)[C@H]3O[C@@H]3OC[C@@H](O)[C@H](O)[C@H]3O)[C@H](O)[C@H]2O[C@@H]2O[C@H](CO)[C@@H](O)[C@H](O)[C@H]2O)CC[C@]2(C)[C@H]3CC[C@]45OC[C@@]6(CC[C@](C)(C=O)CC64)[C@H](O)C[C@@]5(C)[C@]3(C)CC[C@@H]12. The van der Waals surface area contributed by atoms with Gasteiger partial charge in [-0.1, -0.05) is 41.5 Å². The van der Waals surface area contributed by atoms with Crippen molar-refractivity contribution in [2.24, 2.45) is 50.2 Å². The van der Waals surface area contributed by atoms with Crippen molar-refractivity contribution < 1.29 is 109 Å². The Balaban J connectivity index is 0.901. The molecule has 5 saturated carbocycles. The van der Waals surface area contributed by atoms with Crippen molar-refractivity contribution in [3.8, 4) is 0 Å². The second-order valence-corrected chi connectivity index (χ2v) is 25.8. The van der Waals surface area contributed by atoms with Crippen LogP contribution in [0.2, 0.25) is 0 Å². The van der Waals surface area contributed by atoms with Crippen LogP contribution in [0, 0.1) is 50.2 Å². The summed E-state index contributed by atoms with van der Waals surface area (Å²) in [5.41, 5.74) is -2.57. The number of fused-ring (bicyclic) bond motifs is 4. The van der Waals surface area contributed by atoms with E-state index in [0.717, 1.165) is 51.2 Å². The van der Waals surface area contributed by atoms with Crippen molar-refractivity contribution in [2.75, 3.05) is 33.0 Å². The van der Waals surface area contributed by atoms with E-state index in [4.69, 9.17) is 42.6 Å². The van der Waals surface area contributed by atoms with Crippen LogP contribution in [-0.4, -0.2) is 229 Å². The van der Waals surface area contributed by atoms with Crippen LogP contribution in [0.5, 0.6) is 0 Å². The first-order chi connectivity index (χ1) is 34.8. The highest BCUT2D eigenvalue weighted by Gasteiger charge is 2.80. The minimum Gasteiger partial charge on any atom is -0.394 e. The number of ether oxygens (including phenoxy) is 9. The predicted octanol–water partition coefficient (Wildman–Crippen LogP) is -1.89. The second-order valence-electron chi connectivity index (χ2n) is 25.8. The summed E-state index contributed by atoms with van der Waals surface area (Å²) in [5.74, 6) is 0.456. The topological polar surface area (TPSA) is 343 Å². The standard InChI is InChI=1S/C52H84O22/c1-46(2)27-7-11-49(5)28(8-12-52-29-15-47(3,21-55)13-14-51(29,22-68-52)30(57)16-50(49,52)6)48(27,4)10-9-31(46)72-44-40(74-43-39(65)36(62)33(59)24(17-53)69-43)35(61)26(20-67-44)71-45-41(37(63)34(60)25(18-54)70-45)73-42-38(64)32(58)23(56)19-66-42/h21,23-45,53-54,56-65H,7-20,22H2,1-6H3/t23-,24-,25-,26+,27+,28-,29?,30-,31+,32+,33-,34-,35+,36+,37+,38-,39-,40-,41-,42+,43+,44+,45+,47+,48+,49-,50+,51-,52+/m1/s1. The molecule has 0 amide bonds. The molecule has 74 heavy (non-hydrogen) atoms. The van der Waals surface area contributed by atoms with Crippen molar-refractivity contribution in [3.05, 3.63) is 0 Å². The summed E-state index contributed by atoms with van der Waals surface area (Å²) in [5, 5.41) is 130. The van der Waals surface area contributed by atoms with Crippen LogP contribution in [0.3, 0.4) is 0 Å². The van der Waals surface area contributed by atoms with Crippen LogP contribution >= 0.6 is 0 Å². The van der Waals surface area contributed by atoms with Crippen molar-refractivity contribution in [3.63, 3.8) is 0 Å². The van der Waals surface area contributed by atoms with E-state index in [9.17, 15) is 66.1 Å². The van der Waals surface area contributed by atoms with Gasteiger partial charge in [0.2, 0.25) is 0 Å². The van der Waals surface area contributed by atoms with Crippen LogP contribution in [-0.2, 0) is 47.4 Å². The Morgan fingerprint density at radius 3 is 1.86 bits per heavy atom. The molecular formula is C52H84O22. The van der Waals surface area contributed by atoms with Gasteiger partial charge in [-0.25, -0.2) is 0 Å². The highest BCUT2D eigenvalue weighted by atomic mass is 16.8. The highest BCUT2D eigenvalue weighted by molar-refractivity contribution is 5.59. The summed E-state index contributed by atoms with van der Waals surface area (Å²) in [6.45, 7) is 11.7. The highest BCUT2D eigenvalue weighted by Crippen LogP contribution is 2.80. The van der Waals surface area contributed by atoms with E-state index >= 15 is 0 Å². The molecule has 0 radical (unpaired) electrons. The molecule has 29 atom stereocenters. The van der Waals surface area contributed by atoms with Crippen LogP contribution in [0.15, 0.2) is 0 Å². The van der Waals surface area contributed by atoms with Crippen LogP contribution < -0.4 is 0 Å². The molecule has 0 aromatic rings. The van der Waals surface area contributed by atoms with Crippen molar-refractivity contribution in [1.82, 2.24) is 0 Å². The summed E-state index contributed by atoms with van der Waals surface area (Å²) >= 11 is 0. The summed E-state index contributed by atoms with van der Waals surface area (Å²) < 4.78 is 55.9. The molecule has 0 aromatic heterocycles. The molecule has 424 valence electrons. The number of aliphatic hydroxyl groups is 12. The molecule has 1 unspecified atom stereocenters. The number of hydrogen-bond donors (Lipinski definition) is 12. The van der Waals surface area contributed by atoms with E-state index in [2.05, 4.69) is 41.5 Å². The Kier molecular flexibility index (Phi) is 15.0. The number of rotatable bonds is 11. The molecule has 0 aromatic carbocycles. The van der Waals surface area contributed by atoms with Crippen molar-refractivity contribution >= 4 is 6.29 Å². The number of aldehydes is 1. The van der Waals surface area contributed by atoms with Gasteiger partial charge in [0.1, 0.15) is 91.7 Å². The molecule has 5 aliphatic heterocycles. The molecule has 5 heterocycles. The Labute approximate surface area is 431 Å². The predicted molar refractivity (Wildman–Crippen MR) is 251 cm³/mol. The fourth-order valence-corrected chi connectivity index (χ4v) is 17.4. The molecule has 12 N–H and O–H groups in total. The lowest BCUT2D eigenvalue weighted by Crippen LogP contribution is -2.74. The number of aliphatic hydroxyl groups excluding tert-OH is 12. The van der Waals surface area contributed by atoms with Crippen molar-refractivity contribution in [1.29, 1.82) is 0 Å². The zero-order valence-electron chi connectivity index (χ0n) is 43.4. The zero-order valence-corrected chi connectivity index (χ0v) is 43.4. The van der Waals surface area contributed by atoms with Crippen LogP contribution in [0.1, 0.15) is 106 Å². The molecule has 1 spiro atoms. The smallest absolute Gasteiger partial charge is 0.187 e. The van der Waals surface area contributed by atoms with Crippen LogP contribution in [0.25, 0.3) is 0 Å². The Morgan fingerprint density at radius 1 is 0.554 bits per heavy atom. The van der Waals surface area contributed by atoms with E-state index in [-0.39, 0.29) is 39.4 Å². The Morgan fingerprint density at radius 2 is 1.18 bits per heavy atom. The summed E-state index contributed by atoms with van der Waals surface area (Å²) in [6, 6.07) is 0. The quantitative estimate of drug-likeness (QED) is 0.0795. The summed E-state index contributed by atoms with van der Waals surface area (Å²) in [4.78, 5) is 12.6. The fourth-order valence-electron chi connectivity index (χ4n) is 17.4. The molecule has 2 bridgehead atoms. The van der Waals surface area contributed by atoms with Gasteiger partial charge in [0.25, 0.3) is 0 Å². The Bertz CT molecular complexity index is 2020. The fraction of sp³-hybridized carbons (Fsp3) is 0.981. The maximum atomic E-state index is 12.6. The van der Waals surface area contributed by atoms with Gasteiger partial charge in [0.15, 0.2) is 25.2 Å². The van der Waals surface area contributed by atoms with E-state index in [0.29, 0.717) is 25.9 Å². The minimum absolute atomic E-state index is 0.0727. The van der Waals surface area contributed by atoms with Gasteiger partial charge in [-0.05, 0) is 98.2 Å². The average molecular weight is 1060 g/mol. The third-order valence-electron chi connectivity index (χ3n) is 22.0. The molecule has 5 saturated heterocycles. The van der Waals surface area contributed by atoms with E-state index in [1.165, 1.54) is 0 Å². The zero-order chi connectivity index (χ0) is 53.5. The first-order valence-electron chi connectivity index (χ1n) is 27.1. The maximum Gasteiger partial charge on any atom is 0.187 e. The van der Waals surface area contributed by atoms with Gasteiger partial charge in [0, 0.05) is 16.2 Å². The van der Waals surface area contributed by atoms with Crippen LogP contribution in [0.4, 0.5) is 0 Å². The van der Waals surface area contributed by atoms with Gasteiger partial charge >= 0.3 is 0 Å². The molecule has 10 rings (SSSR count). The lowest BCUT2D eigenvalue weighted by Gasteiger charge is -2.75. The second kappa shape index (κ2) is 19.8. The lowest BCUT2D eigenvalue weighted by atomic mass is 9.30. The van der Waals surface area contributed by atoms with Crippen molar-refractivity contribution in [2.45, 2.75) is 234 Å². The lowest BCUT2D eigenvalue weighted by molar-refractivity contribution is -0.392. The van der Waals surface area contributed by atoms with Gasteiger partial charge in [0.05, 0.1) is 50.8 Å². The van der Waals surface area contributed by atoms with E-state index in [1.54, 1.807) is 0 Å². The first-order valence-corrected chi connectivity index (χ1v) is 27.1. The third-order valence-corrected chi connectivity index (χ3v) is 22.0. The number of carbonyl (C=O) groups excluding carboxylic acids is 1. The van der Waals surface area contributed by atoms with Gasteiger partial charge in [-0.15, -0.1) is 0 Å². The van der Waals surface area contributed by atoms with E-state index in [1.807, 2.05) is 0 Å². The number of hydrogen-bond acceptors (Lipinski definition) is 22. The molecule has 10 aliphatic rings. The summed E-state index contributed by atoms with van der Waals surface area (Å²) in [6.07, 6.45) is -22.1. The molecule has 22 heteroatoms. The third kappa shape index (κ3) is 8.31. The van der Waals surface area contributed by atoms with Gasteiger partial charge < -0.3 is 109 Å². The molecule has 22 nitrogen and oxygen atoms in total. The normalized spacial score (nSPS) is 58.1. The Hall–Kier alpha value is -1.17. The van der Waals surface area contributed by atoms with Gasteiger partial charge in [-0.3, -0.25) is 0 Å². The number of carbonyl (C=O) groups is 1. The first kappa shape index (κ1) is 56.1. The molecule has 5 aliphatic carbocycles. The largest absolute Gasteiger partial charge is 0.394 e. The summed E-state index contributed by atoms with van der Waals surface area (Å²) in [7, 11) is 0. The molecule has 10 fully saturated rings. The average Bonchev–Trinajstić information content (AvgIpc) is 3.65. The van der Waals surface area contributed by atoms with E-state index < -0.39 is 166 Å². The minimum atomic E-state index is -1.89. The monoisotopic (exact) mass is 1060 g/mol. The van der Waals surface area contributed by atoms with Gasteiger partial charge in [-0.2, -0.15) is 0 Å². The maximum absolute atomic E-state index is 12.6.